The third-order valence-corrected chi connectivity index (χ3v) is 10.6. The molecule has 0 aliphatic rings. The van der Waals surface area contributed by atoms with E-state index in [9.17, 15) is 0 Å². The summed E-state index contributed by atoms with van der Waals surface area (Å²) >= 11 is 1.86. The van der Waals surface area contributed by atoms with E-state index in [1.807, 2.05) is 11.3 Å². The van der Waals surface area contributed by atoms with Crippen LogP contribution < -0.4 is 4.90 Å². The Hall–Kier alpha value is -5.90. The van der Waals surface area contributed by atoms with Crippen molar-refractivity contribution in [2.24, 2.45) is 0 Å². The van der Waals surface area contributed by atoms with Crippen molar-refractivity contribution in [2.75, 3.05) is 4.90 Å². The molecule has 2 nitrogen and oxygen atoms in total. The Morgan fingerprint density at radius 3 is 1.81 bits per heavy atom. The van der Waals surface area contributed by atoms with Crippen molar-refractivity contribution in [3.05, 3.63) is 164 Å². The van der Waals surface area contributed by atoms with Gasteiger partial charge in [-0.2, -0.15) is 0 Å². The normalized spacial score (nSPS) is 11.8. The zero-order valence-corrected chi connectivity index (χ0v) is 26.2. The van der Waals surface area contributed by atoms with Gasteiger partial charge in [-0.25, -0.2) is 0 Å². The summed E-state index contributed by atoms with van der Waals surface area (Å²) in [5.41, 5.74) is 7.39. The van der Waals surface area contributed by atoms with Crippen LogP contribution in [0.15, 0.2) is 168 Å². The molecule has 2 heterocycles. The molecule has 0 saturated carbocycles. The second-order valence-corrected chi connectivity index (χ2v) is 13.1. The van der Waals surface area contributed by atoms with Gasteiger partial charge in [-0.15, -0.1) is 11.3 Å². The zero-order valence-electron chi connectivity index (χ0n) is 25.4. The fourth-order valence-electron chi connectivity index (χ4n) is 7.41. The maximum Gasteiger partial charge on any atom is 0.145 e. The number of benzene rings is 8. The summed E-state index contributed by atoms with van der Waals surface area (Å²) < 4.78 is 9.69. The van der Waals surface area contributed by atoms with Gasteiger partial charge in [0.05, 0.1) is 21.5 Å². The first kappa shape index (κ1) is 26.3. The number of rotatable bonds is 4. The minimum absolute atomic E-state index is 0.898. The number of para-hydroxylation sites is 1. The van der Waals surface area contributed by atoms with Crippen molar-refractivity contribution in [1.82, 2.24) is 0 Å². The average Bonchev–Trinajstić information content (AvgIpc) is 3.73. The lowest BCUT2D eigenvalue weighted by molar-refractivity contribution is 0.674. The maximum absolute atomic E-state index is 7.13. The van der Waals surface area contributed by atoms with Gasteiger partial charge in [0, 0.05) is 37.5 Å². The van der Waals surface area contributed by atoms with Crippen molar-refractivity contribution in [3.63, 3.8) is 0 Å². The van der Waals surface area contributed by atoms with E-state index in [2.05, 4.69) is 169 Å². The maximum atomic E-state index is 7.13. The molecule has 47 heavy (non-hydrogen) atoms. The van der Waals surface area contributed by atoms with Gasteiger partial charge in [-0.05, 0) is 58.1 Å². The van der Waals surface area contributed by atoms with Crippen LogP contribution in [-0.2, 0) is 0 Å². The van der Waals surface area contributed by atoms with Crippen LogP contribution in [-0.4, -0.2) is 0 Å². The molecule has 0 amide bonds. The summed E-state index contributed by atoms with van der Waals surface area (Å²) in [5.74, 6) is 0. The molecule has 0 aliphatic carbocycles. The van der Waals surface area contributed by atoms with E-state index in [1.54, 1.807) is 0 Å². The van der Waals surface area contributed by atoms with Crippen LogP contribution >= 0.6 is 11.3 Å². The lowest BCUT2D eigenvalue weighted by Crippen LogP contribution is -2.10. The minimum Gasteiger partial charge on any atom is -0.455 e. The molecule has 220 valence electrons. The summed E-state index contributed by atoms with van der Waals surface area (Å²) in [6.45, 7) is 0. The molecule has 0 radical (unpaired) electrons. The van der Waals surface area contributed by atoms with Gasteiger partial charge < -0.3 is 9.32 Å². The second-order valence-electron chi connectivity index (χ2n) is 12.0. The fourth-order valence-corrected chi connectivity index (χ4v) is 8.62. The Morgan fingerprint density at radius 1 is 0.404 bits per heavy atom. The molecule has 8 aromatic carbocycles. The highest BCUT2D eigenvalue weighted by Crippen LogP contribution is 2.51. The van der Waals surface area contributed by atoms with Crippen LogP contribution in [0.2, 0.25) is 0 Å². The van der Waals surface area contributed by atoms with E-state index in [4.69, 9.17) is 4.42 Å². The van der Waals surface area contributed by atoms with Crippen molar-refractivity contribution in [2.45, 2.75) is 0 Å². The average molecular weight is 618 g/mol. The molecule has 0 bridgehead atoms. The molecule has 0 aliphatic heterocycles. The third kappa shape index (κ3) is 3.90. The second kappa shape index (κ2) is 10.3. The fraction of sp³-hybridized carbons (Fsp3) is 0. The quantitative estimate of drug-likeness (QED) is 0.183. The van der Waals surface area contributed by atoms with Crippen LogP contribution in [0.25, 0.3) is 74.8 Å². The Kier molecular flexibility index (Phi) is 5.78. The molecule has 3 heteroatoms. The highest BCUT2D eigenvalue weighted by molar-refractivity contribution is 7.26. The number of nitrogens with zero attached hydrogens (tertiary/aromatic N) is 1. The minimum atomic E-state index is 0.898. The Balaban J connectivity index is 1.41. The van der Waals surface area contributed by atoms with Crippen molar-refractivity contribution < 1.29 is 4.42 Å². The molecule has 10 aromatic rings. The number of fused-ring (bicyclic) bond motifs is 11. The van der Waals surface area contributed by atoms with E-state index in [0.29, 0.717) is 0 Å². The number of anilines is 3. The molecular weight excluding hydrogens is 591 g/mol. The highest BCUT2D eigenvalue weighted by atomic mass is 32.1. The largest absolute Gasteiger partial charge is 0.455 e. The number of hydrogen-bond acceptors (Lipinski definition) is 3. The van der Waals surface area contributed by atoms with Gasteiger partial charge >= 0.3 is 0 Å². The van der Waals surface area contributed by atoms with E-state index in [-0.39, 0.29) is 0 Å². The molecule has 0 saturated heterocycles. The van der Waals surface area contributed by atoms with E-state index < -0.39 is 0 Å². The first-order valence-electron chi connectivity index (χ1n) is 15.9. The van der Waals surface area contributed by atoms with Crippen molar-refractivity contribution in [3.8, 4) is 11.1 Å². The predicted octanol–water partition coefficient (Wildman–Crippen LogP) is 13.4. The molecule has 0 unspecified atom stereocenters. The third-order valence-electron chi connectivity index (χ3n) is 9.44. The monoisotopic (exact) mass is 617 g/mol. The molecule has 2 aromatic heterocycles. The number of hydrogen-bond donors (Lipinski definition) is 0. The standard InChI is InChI=1S/C44H27NOS/c1-3-14-28(15-4-1)30-26-27-37(41-40-34-21-9-7-18-31(34)32-19-8-10-22-35(32)43(40)46-42(30)41)45(29-16-5-2-6-17-29)38-24-13-23-36-33-20-11-12-25-39(33)47-44(36)38/h1-27H. The van der Waals surface area contributed by atoms with Crippen LogP contribution in [0.4, 0.5) is 17.1 Å². The Bertz CT molecular complexity index is 2790. The van der Waals surface area contributed by atoms with Gasteiger partial charge in [-0.1, -0.05) is 127 Å². The zero-order chi connectivity index (χ0) is 30.9. The van der Waals surface area contributed by atoms with Crippen molar-refractivity contribution >= 4 is 92.1 Å². The lowest BCUT2D eigenvalue weighted by Gasteiger charge is -2.27. The first-order valence-corrected chi connectivity index (χ1v) is 16.8. The summed E-state index contributed by atoms with van der Waals surface area (Å²) in [4.78, 5) is 2.44. The Morgan fingerprint density at radius 2 is 1.02 bits per heavy atom. The highest BCUT2D eigenvalue weighted by Gasteiger charge is 2.26. The molecular formula is C44H27NOS. The topological polar surface area (TPSA) is 16.4 Å². The first-order chi connectivity index (χ1) is 23.3. The number of thiophene rings is 1. The smallest absolute Gasteiger partial charge is 0.145 e. The van der Waals surface area contributed by atoms with Gasteiger partial charge in [0.2, 0.25) is 0 Å². The molecule has 0 N–H and O–H groups in total. The molecule has 10 rings (SSSR count). The van der Waals surface area contributed by atoms with E-state index in [1.165, 1.54) is 36.3 Å². The number of furan rings is 1. The predicted molar refractivity (Wildman–Crippen MR) is 202 cm³/mol. The summed E-state index contributed by atoms with van der Waals surface area (Å²) in [7, 11) is 0. The molecule has 0 atom stereocenters. The van der Waals surface area contributed by atoms with Crippen molar-refractivity contribution in [1.29, 1.82) is 0 Å². The summed E-state index contributed by atoms with van der Waals surface area (Å²) in [6.07, 6.45) is 0. The van der Waals surface area contributed by atoms with Crippen LogP contribution in [0.3, 0.4) is 0 Å². The van der Waals surface area contributed by atoms with Gasteiger partial charge in [0.1, 0.15) is 11.2 Å². The summed E-state index contributed by atoms with van der Waals surface area (Å²) in [5, 5.41) is 9.57. The van der Waals surface area contributed by atoms with E-state index in [0.717, 1.165) is 55.5 Å². The van der Waals surface area contributed by atoms with Crippen LogP contribution in [0.1, 0.15) is 0 Å². The van der Waals surface area contributed by atoms with Gasteiger partial charge in [0.15, 0.2) is 0 Å². The summed E-state index contributed by atoms with van der Waals surface area (Å²) in [6, 6.07) is 58.7. The van der Waals surface area contributed by atoms with Gasteiger partial charge in [-0.3, -0.25) is 0 Å². The Labute approximate surface area is 275 Å². The van der Waals surface area contributed by atoms with E-state index >= 15 is 0 Å². The molecule has 0 fully saturated rings. The lowest BCUT2D eigenvalue weighted by atomic mass is 9.94. The van der Waals surface area contributed by atoms with Gasteiger partial charge in [0.25, 0.3) is 0 Å². The SMILES string of the molecule is c1ccc(-c2ccc(N(c3ccccc3)c3cccc4c3sc3ccccc34)c3c2oc2c4ccccc4c4ccccc4c23)cc1. The van der Waals surface area contributed by atoms with Crippen LogP contribution in [0, 0.1) is 0 Å². The van der Waals surface area contributed by atoms with Crippen LogP contribution in [0.5, 0.6) is 0 Å². The molecule has 0 spiro atoms.